The van der Waals surface area contributed by atoms with Crippen LogP contribution in [0.3, 0.4) is 0 Å². The summed E-state index contributed by atoms with van der Waals surface area (Å²) < 4.78 is 5.92. The number of rotatable bonds is 4. The highest BCUT2D eigenvalue weighted by molar-refractivity contribution is 4.74. The molecule has 0 unspecified atom stereocenters. The van der Waals surface area contributed by atoms with Gasteiger partial charge in [0.2, 0.25) is 0 Å². The Kier molecular flexibility index (Phi) is 9.10. The molecule has 0 aliphatic rings. The molecular formula is C10H26O3. The maximum Gasteiger partial charge on any atom is 0.0631 e. The smallest absolute Gasteiger partial charge is 0.0631 e. The second-order valence-corrected chi connectivity index (χ2v) is 4.33. The summed E-state index contributed by atoms with van der Waals surface area (Å²) in [5.41, 5.74) is 0.0546. The summed E-state index contributed by atoms with van der Waals surface area (Å²) in [6.07, 6.45) is 2.13. The van der Waals surface area contributed by atoms with Crippen molar-refractivity contribution in [1.82, 2.24) is 0 Å². The van der Waals surface area contributed by atoms with Gasteiger partial charge >= 0.3 is 0 Å². The molecule has 0 fully saturated rings. The Bertz CT molecular complexity index is 105. The molecule has 0 heterocycles. The zero-order valence-corrected chi connectivity index (χ0v) is 9.82. The van der Waals surface area contributed by atoms with E-state index in [9.17, 15) is 0 Å². The fourth-order valence-corrected chi connectivity index (χ4v) is 0.892. The van der Waals surface area contributed by atoms with Gasteiger partial charge in [0.15, 0.2) is 0 Å². The van der Waals surface area contributed by atoms with E-state index < -0.39 is 0 Å². The minimum atomic E-state index is 0. The standard InChI is InChI=1S/C10H22O.2H2O/c1-7-9(3,4)11-10(5,6)8-2;;/h7-8H2,1-6H3;2*1H2. The first kappa shape index (κ1) is 18.6. The Hall–Kier alpha value is -0.120. The maximum absolute atomic E-state index is 5.92. The third-order valence-electron chi connectivity index (χ3n) is 2.26. The highest BCUT2D eigenvalue weighted by atomic mass is 16.5. The monoisotopic (exact) mass is 194 g/mol. The van der Waals surface area contributed by atoms with Crippen LogP contribution in [0.5, 0.6) is 0 Å². The van der Waals surface area contributed by atoms with Crippen LogP contribution < -0.4 is 0 Å². The molecule has 13 heavy (non-hydrogen) atoms. The first-order valence-corrected chi connectivity index (χ1v) is 4.53. The van der Waals surface area contributed by atoms with Gasteiger partial charge in [-0.05, 0) is 40.5 Å². The Labute approximate surface area is 82.1 Å². The topological polar surface area (TPSA) is 72.2 Å². The van der Waals surface area contributed by atoms with Gasteiger partial charge in [0.25, 0.3) is 0 Å². The molecule has 0 aliphatic carbocycles. The molecule has 0 saturated heterocycles. The van der Waals surface area contributed by atoms with Crippen molar-refractivity contribution in [2.24, 2.45) is 0 Å². The van der Waals surface area contributed by atoms with E-state index in [-0.39, 0.29) is 22.2 Å². The summed E-state index contributed by atoms with van der Waals surface area (Å²) in [4.78, 5) is 0. The molecule has 0 atom stereocenters. The van der Waals surface area contributed by atoms with Crippen LogP contribution in [0.2, 0.25) is 0 Å². The predicted molar refractivity (Wildman–Crippen MR) is 57.1 cm³/mol. The summed E-state index contributed by atoms with van der Waals surface area (Å²) in [5.74, 6) is 0. The molecule has 0 radical (unpaired) electrons. The van der Waals surface area contributed by atoms with Gasteiger partial charge in [-0.25, -0.2) is 0 Å². The SMILES string of the molecule is CCC(C)(C)OC(C)(C)CC.O.O. The Morgan fingerprint density at radius 3 is 1.15 bits per heavy atom. The molecule has 0 saturated carbocycles. The molecule has 3 nitrogen and oxygen atoms in total. The largest absolute Gasteiger partial charge is 0.412 e. The van der Waals surface area contributed by atoms with Gasteiger partial charge in [0.05, 0.1) is 11.2 Å². The molecule has 0 aromatic rings. The highest BCUT2D eigenvalue weighted by Crippen LogP contribution is 2.24. The molecular weight excluding hydrogens is 168 g/mol. The second kappa shape index (κ2) is 6.35. The molecule has 0 aromatic carbocycles. The van der Waals surface area contributed by atoms with Crippen LogP contribution in [-0.4, -0.2) is 22.2 Å². The summed E-state index contributed by atoms with van der Waals surface area (Å²) in [6.45, 7) is 12.9. The third-order valence-corrected chi connectivity index (χ3v) is 2.26. The van der Waals surface area contributed by atoms with Crippen LogP contribution in [0, 0.1) is 0 Å². The fraction of sp³-hybridized carbons (Fsp3) is 1.00. The van der Waals surface area contributed by atoms with Gasteiger partial charge in [0, 0.05) is 0 Å². The van der Waals surface area contributed by atoms with E-state index >= 15 is 0 Å². The van der Waals surface area contributed by atoms with Crippen molar-refractivity contribution in [3.63, 3.8) is 0 Å². The highest BCUT2D eigenvalue weighted by Gasteiger charge is 2.25. The van der Waals surface area contributed by atoms with E-state index in [0.29, 0.717) is 0 Å². The summed E-state index contributed by atoms with van der Waals surface area (Å²) >= 11 is 0. The van der Waals surface area contributed by atoms with Crippen molar-refractivity contribution in [1.29, 1.82) is 0 Å². The van der Waals surface area contributed by atoms with Crippen molar-refractivity contribution < 1.29 is 15.7 Å². The van der Waals surface area contributed by atoms with Gasteiger partial charge < -0.3 is 15.7 Å². The number of hydrogen-bond donors (Lipinski definition) is 0. The molecule has 4 N–H and O–H groups in total. The second-order valence-electron chi connectivity index (χ2n) is 4.33. The normalized spacial score (nSPS) is 11.5. The summed E-state index contributed by atoms with van der Waals surface area (Å²) in [5, 5.41) is 0. The molecule has 0 bridgehead atoms. The molecule has 0 spiro atoms. The Balaban J connectivity index is -0.000000500. The molecule has 0 rings (SSSR count). The summed E-state index contributed by atoms with van der Waals surface area (Å²) in [6, 6.07) is 0. The first-order valence-electron chi connectivity index (χ1n) is 4.53. The lowest BCUT2D eigenvalue weighted by molar-refractivity contribution is -0.124. The van der Waals surface area contributed by atoms with Gasteiger partial charge in [-0.1, -0.05) is 13.8 Å². The van der Waals surface area contributed by atoms with E-state index in [1.807, 2.05) is 0 Å². The first-order chi connectivity index (χ1) is 4.83. The van der Waals surface area contributed by atoms with E-state index in [1.54, 1.807) is 0 Å². The molecule has 0 aromatic heterocycles. The van der Waals surface area contributed by atoms with Crippen LogP contribution in [0.15, 0.2) is 0 Å². The quantitative estimate of drug-likeness (QED) is 0.671. The van der Waals surface area contributed by atoms with E-state index in [1.165, 1.54) is 0 Å². The molecule has 3 heteroatoms. The maximum atomic E-state index is 5.92. The van der Waals surface area contributed by atoms with Crippen molar-refractivity contribution in [2.45, 2.75) is 65.6 Å². The Morgan fingerprint density at radius 2 is 1.00 bits per heavy atom. The fourth-order valence-electron chi connectivity index (χ4n) is 0.892. The van der Waals surface area contributed by atoms with Crippen molar-refractivity contribution >= 4 is 0 Å². The van der Waals surface area contributed by atoms with Crippen molar-refractivity contribution in [2.75, 3.05) is 0 Å². The lowest BCUT2D eigenvalue weighted by Crippen LogP contribution is -2.35. The van der Waals surface area contributed by atoms with Crippen molar-refractivity contribution in [3.05, 3.63) is 0 Å². The Morgan fingerprint density at radius 1 is 0.769 bits per heavy atom. The summed E-state index contributed by atoms with van der Waals surface area (Å²) in [7, 11) is 0. The van der Waals surface area contributed by atoms with Crippen LogP contribution in [0.4, 0.5) is 0 Å². The zero-order chi connectivity index (χ0) is 9.12. The van der Waals surface area contributed by atoms with Crippen LogP contribution in [0.1, 0.15) is 54.4 Å². The van der Waals surface area contributed by atoms with E-state index in [0.717, 1.165) is 12.8 Å². The van der Waals surface area contributed by atoms with Crippen LogP contribution in [0.25, 0.3) is 0 Å². The zero-order valence-electron chi connectivity index (χ0n) is 9.82. The molecule has 0 aliphatic heterocycles. The average Bonchev–Trinajstić information content (AvgIpc) is 1.86. The van der Waals surface area contributed by atoms with Crippen molar-refractivity contribution in [3.8, 4) is 0 Å². The third kappa shape index (κ3) is 8.22. The van der Waals surface area contributed by atoms with Crippen LogP contribution in [-0.2, 0) is 4.74 Å². The van der Waals surface area contributed by atoms with Gasteiger partial charge in [-0.15, -0.1) is 0 Å². The number of hydrogen-bond acceptors (Lipinski definition) is 1. The van der Waals surface area contributed by atoms with E-state index in [4.69, 9.17) is 4.74 Å². The molecule has 0 amide bonds. The average molecular weight is 194 g/mol. The van der Waals surface area contributed by atoms with Crippen LogP contribution >= 0.6 is 0 Å². The molecule has 84 valence electrons. The predicted octanol–water partition coefficient (Wildman–Crippen LogP) is 1.73. The van der Waals surface area contributed by atoms with Gasteiger partial charge in [-0.3, -0.25) is 0 Å². The minimum absolute atomic E-state index is 0. The lowest BCUT2D eigenvalue weighted by atomic mass is 10.0. The number of ether oxygens (including phenoxy) is 1. The minimum Gasteiger partial charge on any atom is -0.412 e. The van der Waals surface area contributed by atoms with Gasteiger partial charge in [-0.2, -0.15) is 0 Å². The van der Waals surface area contributed by atoms with E-state index in [2.05, 4.69) is 41.5 Å². The van der Waals surface area contributed by atoms with Gasteiger partial charge in [0.1, 0.15) is 0 Å². The lowest BCUT2D eigenvalue weighted by Gasteiger charge is -2.34.